The number of esters is 1. The minimum absolute atomic E-state index is 0.00320. The first-order valence-corrected chi connectivity index (χ1v) is 15.1. The number of piperidine rings is 1. The van der Waals surface area contributed by atoms with Crippen molar-refractivity contribution in [2.24, 2.45) is 11.8 Å². The van der Waals surface area contributed by atoms with E-state index in [1.54, 1.807) is 0 Å². The van der Waals surface area contributed by atoms with Gasteiger partial charge in [-0.15, -0.1) is 0 Å². The van der Waals surface area contributed by atoms with Crippen molar-refractivity contribution in [2.45, 2.75) is 90.0 Å². The average Bonchev–Trinajstić information content (AvgIpc) is 2.91. The third-order valence-corrected chi connectivity index (χ3v) is 8.89. The molecule has 0 bridgehead atoms. The highest BCUT2D eigenvalue weighted by atomic mass is 16.5. The van der Waals surface area contributed by atoms with Crippen LogP contribution >= 0.6 is 0 Å². The van der Waals surface area contributed by atoms with Gasteiger partial charge in [-0.1, -0.05) is 62.7 Å². The Bertz CT molecular complexity index is 1080. The second kappa shape index (κ2) is 13.6. The summed E-state index contributed by atoms with van der Waals surface area (Å²) < 4.78 is 5.49. The first-order chi connectivity index (χ1) is 18.8. The SMILES string of the molecule is CC(=O)Oc1cccc([C@@]23CCN(C)C[C@H]2CC[C@H](N(CC(C)C)C(=O)CCCCCc2ccccc2)C3)c1. The van der Waals surface area contributed by atoms with Crippen molar-refractivity contribution >= 4 is 11.9 Å². The summed E-state index contributed by atoms with van der Waals surface area (Å²) in [5.74, 6) is 1.63. The fraction of sp³-hybridized carbons (Fsp3) is 0.588. The molecule has 0 N–H and O–H groups in total. The van der Waals surface area contributed by atoms with Crippen molar-refractivity contribution in [3.8, 4) is 5.75 Å². The number of hydrogen-bond acceptors (Lipinski definition) is 4. The minimum atomic E-state index is -0.288. The van der Waals surface area contributed by atoms with E-state index in [2.05, 4.69) is 73.2 Å². The molecule has 1 aliphatic carbocycles. The third-order valence-electron chi connectivity index (χ3n) is 8.89. The van der Waals surface area contributed by atoms with E-state index in [4.69, 9.17) is 4.74 Å². The quantitative estimate of drug-likeness (QED) is 0.185. The number of benzene rings is 2. The molecule has 0 spiro atoms. The predicted octanol–water partition coefficient (Wildman–Crippen LogP) is 6.64. The molecule has 4 rings (SSSR count). The molecule has 2 aliphatic rings. The fourth-order valence-corrected chi connectivity index (χ4v) is 7.01. The van der Waals surface area contributed by atoms with Gasteiger partial charge in [0.05, 0.1) is 0 Å². The lowest BCUT2D eigenvalue weighted by atomic mass is 9.57. The van der Waals surface area contributed by atoms with E-state index in [1.807, 2.05) is 12.1 Å². The number of amides is 1. The van der Waals surface area contributed by atoms with Crippen LogP contribution in [-0.4, -0.2) is 54.4 Å². The first kappa shape index (κ1) is 29.3. The van der Waals surface area contributed by atoms with Crippen LogP contribution in [-0.2, 0) is 21.4 Å². The van der Waals surface area contributed by atoms with E-state index in [0.29, 0.717) is 29.9 Å². The predicted molar refractivity (Wildman–Crippen MR) is 158 cm³/mol. The Hall–Kier alpha value is -2.66. The second-order valence-electron chi connectivity index (χ2n) is 12.4. The Kier molecular flexibility index (Phi) is 10.2. The van der Waals surface area contributed by atoms with Gasteiger partial charge in [-0.3, -0.25) is 9.59 Å². The molecule has 0 radical (unpaired) electrons. The van der Waals surface area contributed by atoms with E-state index in [9.17, 15) is 9.59 Å². The number of fused-ring (bicyclic) bond motifs is 1. The van der Waals surface area contributed by atoms with Gasteiger partial charge >= 0.3 is 5.97 Å². The molecule has 5 heteroatoms. The first-order valence-electron chi connectivity index (χ1n) is 15.1. The highest BCUT2D eigenvalue weighted by Crippen LogP contribution is 2.50. The van der Waals surface area contributed by atoms with Crippen LogP contribution in [0.3, 0.4) is 0 Å². The van der Waals surface area contributed by atoms with E-state index in [-0.39, 0.29) is 17.4 Å². The van der Waals surface area contributed by atoms with E-state index in [0.717, 1.165) is 71.0 Å². The molecule has 0 unspecified atom stereocenters. The van der Waals surface area contributed by atoms with Crippen LogP contribution in [0.15, 0.2) is 54.6 Å². The summed E-state index contributed by atoms with van der Waals surface area (Å²) >= 11 is 0. The maximum Gasteiger partial charge on any atom is 0.308 e. The second-order valence-corrected chi connectivity index (χ2v) is 12.4. The molecule has 5 nitrogen and oxygen atoms in total. The summed E-state index contributed by atoms with van der Waals surface area (Å²) in [4.78, 5) is 30.1. The Morgan fingerprint density at radius 1 is 1.05 bits per heavy atom. The number of unbranched alkanes of at least 4 members (excludes halogenated alkanes) is 2. The molecule has 212 valence electrons. The topological polar surface area (TPSA) is 49.9 Å². The Labute approximate surface area is 235 Å². The zero-order valence-electron chi connectivity index (χ0n) is 24.5. The van der Waals surface area contributed by atoms with E-state index >= 15 is 0 Å². The Morgan fingerprint density at radius 2 is 1.85 bits per heavy atom. The number of ether oxygens (including phenoxy) is 1. The summed E-state index contributed by atoms with van der Waals surface area (Å²) in [5, 5.41) is 0. The summed E-state index contributed by atoms with van der Waals surface area (Å²) in [5.41, 5.74) is 2.64. The molecule has 3 atom stereocenters. The van der Waals surface area contributed by atoms with Gasteiger partial charge in [-0.2, -0.15) is 0 Å². The van der Waals surface area contributed by atoms with E-state index in [1.165, 1.54) is 18.1 Å². The number of aryl methyl sites for hydroxylation is 1. The Balaban J connectivity index is 1.47. The maximum atomic E-state index is 13.7. The molecule has 1 amide bonds. The molecule has 1 saturated heterocycles. The van der Waals surface area contributed by atoms with Crippen molar-refractivity contribution in [3.05, 3.63) is 65.7 Å². The molecular weight excluding hydrogens is 484 g/mol. The largest absolute Gasteiger partial charge is 0.427 e. The average molecular weight is 533 g/mol. The number of carbonyl (C=O) groups excluding carboxylic acids is 2. The van der Waals surface area contributed by atoms with Crippen LogP contribution in [0.1, 0.15) is 83.3 Å². The van der Waals surface area contributed by atoms with Crippen LogP contribution in [0, 0.1) is 11.8 Å². The molecule has 2 fully saturated rings. The monoisotopic (exact) mass is 532 g/mol. The molecule has 39 heavy (non-hydrogen) atoms. The molecule has 1 aliphatic heterocycles. The molecule has 2 aromatic carbocycles. The number of nitrogens with zero attached hydrogens (tertiary/aromatic N) is 2. The Morgan fingerprint density at radius 3 is 2.59 bits per heavy atom. The maximum absolute atomic E-state index is 13.7. The van der Waals surface area contributed by atoms with Gasteiger partial charge in [-0.05, 0) is 93.6 Å². The van der Waals surface area contributed by atoms with Gasteiger partial charge in [-0.25, -0.2) is 0 Å². The number of carbonyl (C=O) groups is 2. The summed E-state index contributed by atoms with van der Waals surface area (Å²) in [6.45, 7) is 8.84. The van der Waals surface area contributed by atoms with Crippen LogP contribution in [0.5, 0.6) is 5.75 Å². The third kappa shape index (κ3) is 7.72. The molecule has 0 aromatic heterocycles. The zero-order valence-corrected chi connectivity index (χ0v) is 24.5. The molecule has 1 heterocycles. The van der Waals surface area contributed by atoms with Gasteiger partial charge in [0.25, 0.3) is 0 Å². The molecular formula is C34H48N2O3. The summed E-state index contributed by atoms with van der Waals surface area (Å²) in [6, 6.07) is 19.1. The van der Waals surface area contributed by atoms with Crippen molar-refractivity contribution in [2.75, 3.05) is 26.7 Å². The molecule has 2 aromatic rings. The smallest absolute Gasteiger partial charge is 0.308 e. The summed E-state index contributed by atoms with van der Waals surface area (Å²) in [6.07, 6.45) is 9.12. The van der Waals surface area contributed by atoms with Gasteiger partial charge < -0.3 is 14.5 Å². The van der Waals surface area contributed by atoms with Crippen molar-refractivity contribution < 1.29 is 14.3 Å². The minimum Gasteiger partial charge on any atom is -0.427 e. The van der Waals surface area contributed by atoms with Gasteiger partial charge in [0, 0.05) is 37.9 Å². The van der Waals surface area contributed by atoms with Crippen molar-refractivity contribution in [1.82, 2.24) is 9.80 Å². The van der Waals surface area contributed by atoms with Crippen LogP contribution < -0.4 is 4.74 Å². The number of rotatable bonds is 11. The summed E-state index contributed by atoms with van der Waals surface area (Å²) in [7, 11) is 2.22. The number of likely N-dealkylation sites (tertiary alicyclic amines) is 1. The lowest BCUT2D eigenvalue weighted by Crippen LogP contribution is -2.56. The number of hydrogen-bond donors (Lipinski definition) is 0. The normalized spacial score (nSPS) is 23.3. The zero-order chi connectivity index (χ0) is 27.8. The lowest BCUT2D eigenvalue weighted by Gasteiger charge is -2.54. The molecule has 1 saturated carbocycles. The highest BCUT2D eigenvalue weighted by Gasteiger charge is 2.49. The van der Waals surface area contributed by atoms with Gasteiger partial charge in [0.2, 0.25) is 5.91 Å². The van der Waals surface area contributed by atoms with Crippen LogP contribution in [0.2, 0.25) is 0 Å². The van der Waals surface area contributed by atoms with E-state index < -0.39 is 0 Å². The fourth-order valence-electron chi connectivity index (χ4n) is 7.01. The lowest BCUT2D eigenvalue weighted by molar-refractivity contribution is -0.136. The van der Waals surface area contributed by atoms with Crippen LogP contribution in [0.4, 0.5) is 0 Å². The highest BCUT2D eigenvalue weighted by molar-refractivity contribution is 5.76. The standard InChI is InChI=1S/C34H48N2O3/c1-26(2)24-36(33(38)17-10-6-9-14-28-12-7-5-8-13-28)31-19-18-30-25-35(4)21-20-34(30,23-31)29-15-11-16-32(22-29)39-27(3)37/h5,7-8,11-13,15-16,22,26,30-31H,6,9-10,14,17-21,23-25H2,1-4H3/t30-,31+,34+/m1/s1. The van der Waals surface area contributed by atoms with Gasteiger partial charge in [0.1, 0.15) is 5.75 Å². The van der Waals surface area contributed by atoms with Crippen molar-refractivity contribution in [3.63, 3.8) is 0 Å². The van der Waals surface area contributed by atoms with Crippen LogP contribution in [0.25, 0.3) is 0 Å². The van der Waals surface area contributed by atoms with Crippen molar-refractivity contribution in [1.29, 1.82) is 0 Å². The van der Waals surface area contributed by atoms with Gasteiger partial charge in [0.15, 0.2) is 0 Å².